The molecule has 0 aliphatic heterocycles. The Morgan fingerprint density at radius 3 is 2.56 bits per heavy atom. The van der Waals surface area contributed by atoms with Gasteiger partial charge in [-0.3, -0.25) is 14.3 Å². The van der Waals surface area contributed by atoms with Gasteiger partial charge in [0.1, 0.15) is 11.5 Å². The molecule has 1 amide bonds. The molecule has 3 aromatic rings. The fraction of sp³-hybridized carbons (Fsp3) is 0.318. The van der Waals surface area contributed by atoms with Crippen LogP contribution in [0.4, 0.5) is 19.0 Å². The molecule has 0 saturated carbocycles. The van der Waals surface area contributed by atoms with Crippen molar-refractivity contribution in [2.24, 2.45) is 0 Å². The lowest BCUT2D eigenvalue weighted by atomic mass is 10.3. The maximum Gasteiger partial charge on any atom is 0.573 e. The van der Waals surface area contributed by atoms with E-state index >= 15 is 0 Å². The van der Waals surface area contributed by atoms with Crippen LogP contribution >= 0.6 is 0 Å². The average Bonchev–Trinajstić information content (AvgIpc) is 3.10. The van der Waals surface area contributed by atoms with Crippen LogP contribution in [0.3, 0.4) is 0 Å². The SMILES string of the molecule is CNc1nc(Oc2cccc(OC(F)(F)F)c2)n(Cc2cccc(C)n2)c1C(=O)NCCCO. The first-order valence-corrected chi connectivity index (χ1v) is 10.3. The average molecular weight is 479 g/mol. The van der Waals surface area contributed by atoms with Crippen LogP contribution in [0.1, 0.15) is 28.3 Å². The topological polar surface area (TPSA) is 111 Å². The number of anilines is 1. The van der Waals surface area contributed by atoms with Crippen molar-refractivity contribution in [3.63, 3.8) is 0 Å². The fourth-order valence-corrected chi connectivity index (χ4v) is 3.12. The van der Waals surface area contributed by atoms with E-state index in [9.17, 15) is 18.0 Å². The van der Waals surface area contributed by atoms with Gasteiger partial charge in [0.25, 0.3) is 5.91 Å². The first-order valence-electron chi connectivity index (χ1n) is 10.3. The fourth-order valence-electron chi connectivity index (χ4n) is 3.12. The number of aliphatic hydroxyl groups excluding tert-OH is 1. The number of alkyl halides is 3. The number of carbonyl (C=O) groups is 1. The Bertz CT molecular complexity index is 1130. The summed E-state index contributed by atoms with van der Waals surface area (Å²) < 4.78 is 49.0. The van der Waals surface area contributed by atoms with Gasteiger partial charge in [0.05, 0.1) is 12.2 Å². The number of ether oxygens (including phenoxy) is 2. The number of benzene rings is 1. The van der Waals surface area contributed by atoms with Gasteiger partial charge < -0.3 is 25.2 Å². The molecule has 3 N–H and O–H groups in total. The number of nitrogens with one attached hydrogen (secondary N) is 2. The second-order valence-corrected chi connectivity index (χ2v) is 7.16. The van der Waals surface area contributed by atoms with E-state index in [4.69, 9.17) is 9.84 Å². The maximum absolute atomic E-state index is 12.9. The Balaban J connectivity index is 2.00. The van der Waals surface area contributed by atoms with Gasteiger partial charge in [0.15, 0.2) is 11.5 Å². The molecule has 182 valence electrons. The molecule has 0 radical (unpaired) electrons. The highest BCUT2D eigenvalue weighted by atomic mass is 19.4. The molecule has 0 saturated heterocycles. The number of imidazole rings is 1. The number of hydrogen-bond acceptors (Lipinski definition) is 7. The van der Waals surface area contributed by atoms with Crippen molar-refractivity contribution < 1.29 is 32.5 Å². The number of nitrogens with zero attached hydrogens (tertiary/aromatic N) is 3. The normalized spacial score (nSPS) is 11.2. The van der Waals surface area contributed by atoms with E-state index in [0.717, 1.165) is 17.8 Å². The van der Waals surface area contributed by atoms with Crippen molar-refractivity contribution in [1.29, 1.82) is 0 Å². The van der Waals surface area contributed by atoms with Crippen LogP contribution in [0.2, 0.25) is 0 Å². The van der Waals surface area contributed by atoms with E-state index < -0.39 is 18.0 Å². The molecule has 1 aromatic carbocycles. The van der Waals surface area contributed by atoms with Crippen LogP contribution in [-0.2, 0) is 6.54 Å². The summed E-state index contributed by atoms with van der Waals surface area (Å²) >= 11 is 0. The Morgan fingerprint density at radius 2 is 1.88 bits per heavy atom. The predicted molar refractivity (Wildman–Crippen MR) is 117 cm³/mol. The third-order valence-corrected chi connectivity index (χ3v) is 4.52. The number of rotatable bonds is 10. The summed E-state index contributed by atoms with van der Waals surface area (Å²) in [5.41, 5.74) is 1.52. The first-order chi connectivity index (χ1) is 16.2. The minimum atomic E-state index is -4.85. The number of amides is 1. The molecule has 0 aliphatic rings. The molecule has 0 bridgehead atoms. The number of halogens is 3. The van der Waals surface area contributed by atoms with E-state index in [1.165, 1.54) is 16.7 Å². The molecule has 2 aromatic heterocycles. The Kier molecular flexibility index (Phi) is 7.95. The lowest BCUT2D eigenvalue weighted by Gasteiger charge is -2.14. The van der Waals surface area contributed by atoms with E-state index in [1.54, 1.807) is 13.1 Å². The summed E-state index contributed by atoms with van der Waals surface area (Å²) in [5, 5.41) is 14.5. The minimum Gasteiger partial charge on any atom is -0.425 e. The molecule has 34 heavy (non-hydrogen) atoms. The van der Waals surface area contributed by atoms with Gasteiger partial charge in [0.2, 0.25) is 0 Å². The zero-order chi connectivity index (χ0) is 24.7. The van der Waals surface area contributed by atoms with E-state index in [-0.39, 0.29) is 43.0 Å². The smallest absolute Gasteiger partial charge is 0.425 e. The highest BCUT2D eigenvalue weighted by Crippen LogP contribution is 2.31. The molecular formula is C22H24F3N5O4. The largest absolute Gasteiger partial charge is 0.573 e. The molecule has 0 fully saturated rings. The summed E-state index contributed by atoms with van der Waals surface area (Å²) in [6.45, 7) is 2.07. The van der Waals surface area contributed by atoms with E-state index in [2.05, 4.69) is 25.3 Å². The molecule has 2 heterocycles. The van der Waals surface area contributed by atoms with Crippen molar-refractivity contribution in [2.45, 2.75) is 26.3 Å². The third kappa shape index (κ3) is 6.61. The molecule has 12 heteroatoms. The van der Waals surface area contributed by atoms with Gasteiger partial charge in [-0.1, -0.05) is 12.1 Å². The van der Waals surface area contributed by atoms with E-state index in [1.807, 2.05) is 19.1 Å². The molecule has 0 unspecified atom stereocenters. The van der Waals surface area contributed by atoms with Crippen molar-refractivity contribution in [1.82, 2.24) is 19.9 Å². The van der Waals surface area contributed by atoms with Gasteiger partial charge in [-0.15, -0.1) is 13.2 Å². The zero-order valence-corrected chi connectivity index (χ0v) is 18.5. The number of carbonyl (C=O) groups excluding carboxylic acids is 1. The van der Waals surface area contributed by atoms with Crippen LogP contribution in [0, 0.1) is 6.92 Å². The molecule has 0 aliphatic carbocycles. The van der Waals surface area contributed by atoms with Crippen LogP contribution in [-0.4, -0.2) is 52.1 Å². The second-order valence-electron chi connectivity index (χ2n) is 7.16. The summed E-state index contributed by atoms with van der Waals surface area (Å²) in [5.74, 6) is -0.701. The lowest BCUT2D eigenvalue weighted by Crippen LogP contribution is -2.28. The number of aryl methyl sites for hydroxylation is 1. The molecule has 0 spiro atoms. The number of hydrogen-bond donors (Lipinski definition) is 3. The lowest BCUT2D eigenvalue weighted by molar-refractivity contribution is -0.274. The van der Waals surface area contributed by atoms with Gasteiger partial charge >= 0.3 is 12.4 Å². The number of aliphatic hydroxyl groups is 1. The third-order valence-electron chi connectivity index (χ3n) is 4.52. The summed E-state index contributed by atoms with van der Waals surface area (Å²) in [6.07, 6.45) is -4.49. The van der Waals surface area contributed by atoms with Crippen LogP contribution in [0.15, 0.2) is 42.5 Å². The minimum absolute atomic E-state index is 0.0279. The van der Waals surface area contributed by atoms with Crippen molar-refractivity contribution >= 4 is 11.7 Å². The Labute approximate surface area is 193 Å². The van der Waals surface area contributed by atoms with Crippen LogP contribution in [0.25, 0.3) is 0 Å². The standard InChI is InChI=1S/C22H24F3N5O4/c1-14-6-3-7-15(28-14)13-30-18(20(32)27-10-5-11-31)19(26-2)29-21(30)33-16-8-4-9-17(12-16)34-22(23,24)25/h3-4,6-9,12,26,31H,5,10-11,13H2,1-2H3,(H,27,32). The monoisotopic (exact) mass is 479 g/mol. The van der Waals surface area contributed by atoms with Crippen LogP contribution < -0.4 is 20.1 Å². The highest BCUT2D eigenvalue weighted by Gasteiger charge is 2.31. The molecule has 9 nitrogen and oxygen atoms in total. The molecule has 3 rings (SSSR count). The van der Waals surface area contributed by atoms with Gasteiger partial charge in [-0.2, -0.15) is 4.98 Å². The highest BCUT2D eigenvalue weighted by molar-refractivity contribution is 5.97. The summed E-state index contributed by atoms with van der Waals surface area (Å²) in [4.78, 5) is 21.7. The number of aromatic nitrogens is 3. The van der Waals surface area contributed by atoms with Crippen molar-refractivity contribution in [3.05, 3.63) is 59.5 Å². The van der Waals surface area contributed by atoms with Gasteiger partial charge in [-0.25, -0.2) is 0 Å². The van der Waals surface area contributed by atoms with Crippen molar-refractivity contribution in [3.8, 4) is 17.5 Å². The number of pyridine rings is 1. The second kappa shape index (κ2) is 10.9. The maximum atomic E-state index is 12.9. The van der Waals surface area contributed by atoms with Gasteiger partial charge in [-0.05, 0) is 37.6 Å². The molecular weight excluding hydrogens is 455 g/mol. The van der Waals surface area contributed by atoms with Gasteiger partial charge in [0, 0.05) is 32.0 Å². The summed E-state index contributed by atoms with van der Waals surface area (Å²) in [7, 11) is 1.57. The zero-order valence-electron chi connectivity index (χ0n) is 18.5. The van der Waals surface area contributed by atoms with E-state index in [0.29, 0.717) is 12.1 Å². The Morgan fingerprint density at radius 1 is 1.15 bits per heavy atom. The quantitative estimate of drug-likeness (QED) is 0.382. The summed E-state index contributed by atoms with van der Waals surface area (Å²) in [6, 6.07) is 10.3. The van der Waals surface area contributed by atoms with Crippen molar-refractivity contribution in [2.75, 3.05) is 25.5 Å². The first kappa shape index (κ1) is 24.8. The van der Waals surface area contributed by atoms with Crippen LogP contribution in [0.5, 0.6) is 17.5 Å². The predicted octanol–water partition coefficient (Wildman–Crippen LogP) is 3.48. The Hall–Kier alpha value is -3.80. The molecule has 0 atom stereocenters.